The zero-order valence-electron chi connectivity index (χ0n) is 8.63. The minimum atomic E-state index is -0.340. The molecule has 1 N–H and O–H groups in total. The number of hydrogen-bond donors (Lipinski definition) is 1. The number of nitrogens with one attached hydrogen (secondary N) is 1. The highest BCUT2D eigenvalue weighted by Gasteiger charge is 2.13. The van der Waals surface area contributed by atoms with Crippen LogP contribution in [0.3, 0.4) is 0 Å². The Labute approximate surface area is 83.3 Å². The van der Waals surface area contributed by atoms with Gasteiger partial charge in [0.1, 0.15) is 5.56 Å². The molecule has 1 aromatic rings. The van der Waals surface area contributed by atoms with Crippen LogP contribution in [0.25, 0.3) is 0 Å². The van der Waals surface area contributed by atoms with Crippen molar-refractivity contribution in [3.8, 4) is 0 Å². The normalized spacial score (nSPS) is 9.64. The molecule has 4 heteroatoms. The zero-order chi connectivity index (χ0) is 10.6. The average molecular weight is 194 g/mol. The maximum atomic E-state index is 11.5. The molecule has 1 heterocycles. The van der Waals surface area contributed by atoms with Crippen molar-refractivity contribution >= 4 is 11.7 Å². The molecule has 0 bridgehead atoms. The van der Waals surface area contributed by atoms with Gasteiger partial charge < -0.3 is 10.1 Å². The van der Waals surface area contributed by atoms with Crippen LogP contribution in [-0.2, 0) is 4.74 Å². The molecule has 0 saturated heterocycles. The topological polar surface area (TPSA) is 51.2 Å². The third kappa shape index (κ3) is 2.02. The molecule has 76 valence electrons. The number of carbonyl (C=O) groups excluding carboxylic acids is 1. The van der Waals surface area contributed by atoms with E-state index in [-0.39, 0.29) is 5.97 Å². The summed E-state index contributed by atoms with van der Waals surface area (Å²) in [5, 5.41) is 2.96. The van der Waals surface area contributed by atoms with Crippen LogP contribution in [0.5, 0.6) is 0 Å². The van der Waals surface area contributed by atoms with Gasteiger partial charge in [-0.2, -0.15) is 0 Å². The quantitative estimate of drug-likeness (QED) is 0.743. The van der Waals surface area contributed by atoms with Gasteiger partial charge in [-0.3, -0.25) is 4.98 Å². The lowest BCUT2D eigenvalue weighted by molar-refractivity contribution is 0.0527. The summed E-state index contributed by atoms with van der Waals surface area (Å²) < 4.78 is 4.91. The van der Waals surface area contributed by atoms with Gasteiger partial charge in [0.15, 0.2) is 0 Å². The fourth-order valence-corrected chi connectivity index (χ4v) is 1.26. The molecular weight excluding hydrogens is 180 g/mol. The first-order valence-electron chi connectivity index (χ1n) is 4.50. The summed E-state index contributed by atoms with van der Waals surface area (Å²) in [7, 11) is 1.77. The number of pyridine rings is 1. The van der Waals surface area contributed by atoms with Crippen LogP contribution in [0.4, 0.5) is 5.69 Å². The molecule has 1 rings (SSSR count). The summed E-state index contributed by atoms with van der Waals surface area (Å²) in [5.41, 5.74) is 2.19. The van der Waals surface area contributed by atoms with Crippen LogP contribution in [0.15, 0.2) is 12.4 Å². The van der Waals surface area contributed by atoms with Crippen molar-refractivity contribution in [1.29, 1.82) is 0 Å². The highest BCUT2D eigenvalue weighted by molar-refractivity contribution is 5.95. The van der Waals surface area contributed by atoms with E-state index in [0.29, 0.717) is 12.2 Å². The number of aromatic nitrogens is 1. The summed E-state index contributed by atoms with van der Waals surface area (Å²) >= 11 is 0. The van der Waals surface area contributed by atoms with Crippen LogP contribution < -0.4 is 5.32 Å². The van der Waals surface area contributed by atoms with E-state index in [1.54, 1.807) is 20.2 Å². The number of esters is 1. The molecule has 0 spiro atoms. The molecule has 14 heavy (non-hydrogen) atoms. The number of hydrogen-bond acceptors (Lipinski definition) is 4. The predicted octanol–water partition coefficient (Wildman–Crippen LogP) is 1.61. The van der Waals surface area contributed by atoms with Crippen molar-refractivity contribution in [2.75, 3.05) is 19.0 Å². The maximum Gasteiger partial charge on any atom is 0.341 e. The van der Waals surface area contributed by atoms with Crippen molar-refractivity contribution < 1.29 is 9.53 Å². The van der Waals surface area contributed by atoms with Crippen molar-refractivity contribution in [1.82, 2.24) is 4.98 Å². The largest absolute Gasteiger partial charge is 0.462 e. The number of rotatable bonds is 3. The van der Waals surface area contributed by atoms with Gasteiger partial charge in [-0.15, -0.1) is 0 Å². The van der Waals surface area contributed by atoms with Gasteiger partial charge in [0, 0.05) is 19.4 Å². The first-order valence-corrected chi connectivity index (χ1v) is 4.50. The van der Waals surface area contributed by atoms with E-state index in [1.165, 1.54) is 6.20 Å². The minimum Gasteiger partial charge on any atom is -0.462 e. The highest BCUT2D eigenvalue weighted by atomic mass is 16.5. The Balaban J connectivity index is 3.07. The van der Waals surface area contributed by atoms with Crippen molar-refractivity contribution in [2.24, 2.45) is 0 Å². The molecule has 4 nitrogen and oxygen atoms in total. The number of anilines is 1. The van der Waals surface area contributed by atoms with Gasteiger partial charge in [0.2, 0.25) is 0 Å². The summed E-state index contributed by atoms with van der Waals surface area (Å²) in [6.07, 6.45) is 3.21. The summed E-state index contributed by atoms with van der Waals surface area (Å²) in [5.74, 6) is -0.340. The lowest BCUT2D eigenvalue weighted by Crippen LogP contribution is -2.09. The SMILES string of the molecule is CCOC(=O)c1cncc(C)c1NC. The van der Waals surface area contributed by atoms with Gasteiger partial charge in [0.25, 0.3) is 0 Å². The van der Waals surface area contributed by atoms with Gasteiger partial charge >= 0.3 is 5.97 Å². The third-order valence-corrected chi connectivity index (χ3v) is 1.88. The van der Waals surface area contributed by atoms with Crippen molar-refractivity contribution in [3.63, 3.8) is 0 Å². The molecule has 0 saturated carbocycles. The molecule has 0 amide bonds. The molecule has 0 aliphatic heterocycles. The molecule has 0 aliphatic carbocycles. The Kier molecular flexibility index (Phi) is 3.45. The first kappa shape index (κ1) is 10.5. The fraction of sp³-hybridized carbons (Fsp3) is 0.400. The maximum absolute atomic E-state index is 11.5. The lowest BCUT2D eigenvalue weighted by Gasteiger charge is -2.09. The second-order valence-electron chi connectivity index (χ2n) is 2.85. The first-order chi connectivity index (χ1) is 6.70. The second kappa shape index (κ2) is 4.60. The van der Waals surface area contributed by atoms with Crippen LogP contribution in [0, 0.1) is 6.92 Å². The van der Waals surface area contributed by atoms with Crippen LogP contribution in [0.2, 0.25) is 0 Å². The van der Waals surface area contributed by atoms with Crippen molar-refractivity contribution in [2.45, 2.75) is 13.8 Å². The second-order valence-corrected chi connectivity index (χ2v) is 2.85. The van der Waals surface area contributed by atoms with E-state index < -0.39 is 0 Å². The van der Waals surface area contributed by atoms with Crippen LogP contribution >= 0.6 is 0 Å². The number of ether oxygens (including phenoxy) is 1. The van der Waals surface area contributed by atoms with E-state index in [0.717, 1.165) is 11.3 Å². The van der Waals surface area contributed by atoms with E-state index in [9.17, 15) is 4.79 Å². The molecule has 0 aromatic carbocycles. The van der Waals surface area contributed by atoms with E-state index in [4.69, 9.17) is 4.74 Å². The Morgan fingerprint density at radius 3 is 2.86 bits per heavy atom. The molecule has 0 radical (unpaired) electrons. The summed E-state index contributed by atoms with van der Waals surface area (Å²) in [6.45, 7) is 4.04. The summed E-state index contributed by atoms with van der Waals surface area (Å²) in [4.78, 5) is 15.4. The van der Waals surface area contributed by atoms with E-state index >= 15 is 0 Å². The standard InChI is InChI=1S/C10H14N2O2/c1-4-14-10(13)8-6-12-5-7(2)9(8)11-3/h5-6H,4H2,1-3H3,(H,11,12). The molecule has 1 aromatic heterocycles. The summed E-state index contributed by atoms with van der Waals surface area (Å²) in [6, 6.07) is 0. The molecule has 0 fully saturated rings. The smallest absolute Gasteiger partial charge is 0.341 e. The fourth-order valence-electron chi connectivity index (χ4n) is 1.26. The molecule has 0 unspecified atom stereocenters. The Morgan fingerprint density at radius 1 is 1.57 bits per heavy atom. The van der Waals surface area contributed by atoms with Gasteiger partial charge in [-0.1, -0.05) is 0 Å². The monoisotopic (exact) mass is 194 g/mol. The number of aryl methyl sites for hydroxylation is 1. The van der Waals surface area contributed by atoms with Gasteiger partial charge in [-0.25, -0.2) is 4.79 Å². The molecule has 0 atom stereocenters. The zero-order valence-corrected chi connectivity index (χ0v) is 8.63. The third-order valence-electron chi connectivity index (χ3n) is 1.88. The minimum absolute atomic E-state index is 0.340. The van der Waals surface area contributed by atoms with Gasteiger partial charge in [0.05, 0.1) is 12.3 Å². The molecular formula is C10H14N2O2. The number of nitrogens with zero attached hydrogens (tertiary/aromatic N) is 1. The lowest BCUT2D eigenvalue weighted by atomic mass is 10.1. The van der Waals surface area contributed by atoms with Crippen LogP contribution in [0.1, 0.15) is 22.8 Å². The number of carbonyl (C=O) groups is 1. The Bertz CT molecular complexity index is 337. The average Bonchev–Trinajstić information content (AvgIpc) is 2.17. The predicted molar refractivity (Wildman–Crippen MR) is 54.5 cm³/mol. The van der Waals surface area contributed by atoms with Gasteiger partial charge in [-0.05, 0) is 19.4 Å². The van der Waals surface area contributed by atoms with E-state index in [2.05, 4.69) is 10.3 Å². The Morgan fingerprint density at radius 2 is 2.29 bits per heavy atom. The van der Waals surface area contributed by atoms with E-state index in [1.807, 2.05) is 6.92 Å². The highest BCUT2D eigenvalue weighted by Crippen LogP contribution is 2.18. The van der Waals surface area contributed by atoms with Crippen molar-refractivity contribution in [3.05, 3.63) is 23.5 Å². The molecule has 0 aliphatic rings. The van der Waals surface area contributed by atoms with Crippen LogP contribution in [-0.4, -0.2) is 24.6 Å². The Hall–Kier alpha value is -1.58.